The third kappa shape index (κ3) is 4.27. The summed E-state index contributed by atoms with van der Waals surface area (Å²) < 4.78 is 26.4. The van der Waals surface area contributed by atoms with E-state index in [0.29, 0.717) is 12.6 Å². The van der Waals surface area contributed by atoms with Crippen LogP contribution in [0, 0.1) is 0 Å². The van der Waals surface area contributed by atoms with Crippen molar-refractivity contribution in [3.05, 3.63) is 16.3 Å². The van der Waals surface area contributed by atoms with E-state index in [0.717, 1.165) is 11.3 Å². The maximum Gasteiger partial charge on any atom is 0.347 e. The van der Waals surface area contributed by atoms with Gasteiger partial charge in [0.1, 0.15) is 9.77 Å². The van der Waals surface area contributed by atoms with Crippen molar-refractivity contribution in [3.63, 3.8) is 0 Å². The molecule has 0 atom stereocenters. The van der Waals surface area contributed by atoms with Gasteiger partial charge in [0.25, 0.3) is 0 Å². The quantitative estimate of drug-likeness (QED) is 0.787. The van der Waals surface area contributed by atoms with Crippen molar-refractivity contribution in [3.8, 4) is 0 Å². The lowest BCUT2D eigenvalue weighted by atomic mass is 10.3. The van der Waals surface area contributed by atoms with Crippen LogP contribution < -0.4 is 4.72 Å². The van der Waals surface area contributed by atoms with E-state index in [4.69, 9.17) is 5.11 Å². The van der Waals surface area contributed by atoms with E-state index >= 15 is 0 Å². The average Bonchev–Trinajstić information content (AvgIpc) is 2.77. The number of nitrogens with one attached hydrogen (secondary N) is 1. The average molecular weight is 306 g/mol. The first-order chi connectivity index (χ1) is 8.75. The summed E-state index contributed by atoms with van der Waals surface area (Å²) in [7, 11) is -1.87. The van der Waals surface area contributed by atoms with E-state index in [1.54, 1.807) is 0 Å². The van der Waals surface area contributed by atoms with E-state index in [1.165, 1.54) is 11.4 Å². The van der Waals surface area contributed by atoms with Gasteiger partial charge in [-0.1, -0.05) is 0 Å². The zero-order valence-electron chi connectivity index (χ0n) is 11.1. The fraction of sp³-hybridized carbons (Fsp3) is 0.545. The minimum absolute atomic E-state index is 0.162. The molecule has 1 heterocycles. The Morgan fingerprint density at radius 1 is 1.53 bits per heavy atom. The molecule has 0 aromatic carbocycles. The highest BCUT2D eigenvalue weighted by Crippen LogP contribution is 2.21. The first kappa shape index (κ1) is 16.1. The maximum absolute atomic E-state index is 12.0. The lowest BCUT2D eigenvalue weighted by molar-refractivity contribution is 0.0698. The second-order valence-corrected chi connectivity index (χ2v) is 7.04. The van der Waals surface area contributed by atoms with Gasteiger partial charge in [-0.25, -0.2) is 17.9 Å². The summed E-state index contributed by atoms with van der Waals surface area (Å²) in [4.78, 5) is 12.6. The molecule has 0 bridgehead atoms. The Morgan fingerprint density at radius 3 is 2.68 bits per heavy atom. The van der Waals surface area contributed by atoms with Gasteiger partial charge in [0.05, 0.1) is 0 Å². The summed E-state index contributed by atoms with van der Waals surface area (Å²) in [6, 6.07) is 1.63. The van der Waals surface area contributed by atoms with Gasteiger partial charge in [0.15, 0.2) is 0 Å². The molecule has 6 nitrogen and oxygen atoms in total. The summed E-state index contributed by atoms with van der Waals surface area (Å²) in [5.41, 5.74) is 0. The van der Waals surface area contributed by atoms with Gasteiger partial charge in [-0.15, -0.1) is 11.3 Å². The van der Waals surface area contributed by atoms with E-state index < -0.39 is 16.0 Å². The Kier molecular flexibility index (Phi) is 5.48. The Morgan fingerprint density at radius 2 is 2.16 bits per heavy atom. The summed E-state index contributed by atoms with van der Waals surface area (Å²) in [6.07, 6.45) is 0. The minimum atomic E-state index is -3.76. The highest BCUT2D eigenvalue weighted by molar-refractivity contribution is 7.89. The molecule has 0 saturated heterocycles. The number of hydrogen-bond acceptors (Lipinski definition) is 5. The number of hydrogen-bond donors (Lipinski definition) is 2. The number of likely N-dealkylation sites (N-methyl/N-ethyl adjacent to an activating group) is 1. The number of carboxylic acids is 1. The second-order valence-electron chi connectivity index (χ2n) is 4.39. The molecule has 0 aliphatic carbocycles. The Hall–Kier alpha value is -0.960. The van der Waals surface area contributed by atoms with Crippen LogP contribution in [-0.4, -0.2) is 50.6 Å². The van der Waals surface area contributed by atoms with Crippen molar-refractivity contribution in [2.45, 2.75) is 24.8 Å². The summed E-state index contributed by atoms with van der Waals surface area (Å²) in [5, 5.41) is 10.4. The van der Waals surface area contributed by atoms with Gasteiger partial charge in [-0.2, -0.15) is 0 Å². The molecule has 0 aliphatic heterocycles. The lowest BCUT2D eigenvalue weighted by Crippen LogP contribution is -2.36. The van der Waals surface area contributed by atoms with Crippen LogP contribution in [0.4, 0.5) is 0 Å². The highest BCUT2D eigenvalue weighted by atomic mass is 32.2. The van der Waals surface area contributed by atoms with Crippen LogP contribution in [0.5, 0.6) is 0 Å². The number of carboxylic acid groups (broad SMARTS) is 1. The summed E-state index contributed by atoms with van der Waals surface area (Å²) in [5.74, 6) is -1.23. The highest BCUT2D eigenvalue weighted by Gasteiger charge is 2.23. The molecular weight excluding hydrogens is 288 g/mol. The minimum Gasteiger partial charge on any atom is -0.477 e. The van der Waals surface area contributed by atoms with E-state index in [-0.39, 0.29) is 16.3 Å². The van der Waals surface area contributed by atoms with Crippen molar-refractivity contribution in [2.24, 2.45) is 0 Å². The van der Waals surface area contributed by atoms with E-state index in [2.05, 4.69) is 4.72 Å². The number of rotatable bonds is 7. The molecule has 0 radical (unpaired) electrons. The van der Waals surface area contributed by atoms with Gasteiger partial charge in [0, 0.05) is 19.1 Å². The Balaban J connectivity index is 2.72. The molecule has 0 spiro atoms. The van der Waals surface area contributed by atoms with Crippen LogP contribution in [0.2, 0.25) is 0 Å². The maximum atomic E-state index is 12.0. The molecule has 108 valence electrons. The molecule has 1 rings (SSSR count). The second kappa shape index (κ2) is 6.47. The smallest absolute Gasteiger partial charge is 0.347 e. The standard InChI is InChI=1S/C11H18N2O4S2/c1-8(2)13(3)6-5-12-19(16,17)9-4-7-18-10(9)11(14)15/h4,7-8,12H,5-6H2,1-3H3,(H,14,15). The molecule has 0 fully saturated rings. The number of thiophene rings is 1. The van der Waals surface area contributed by atoms with Crippen molar-refractivity contribution >= 4 is 27.3 Å². The molecule has 0 amide bonds. The third-order valence-corrected chi connectivity index (χ3v) is 5.29. The summed E-state index contributed by atoms with van der Waals surface area (Å²) >= 11 is 0.900. The first-order valence-electron chi connectivity index (χ1n) is 5.76. The third-order valence-electron chi connectivity index (χ3n) is 2.75. The van der Waals surface area contributed by atoms with E-state index in [9.17, 15) is 13.2 Å². The largest absolute Gasteiger partial charge is 0.477 e. The van der Waals surface area contributed by atoms with Gasteiger partial charge in [-0.3, -0.25) is 0 Å². The zero-order chi connectivity index (χ0) is 14.6. The van der Waals surface area contributed by atoms with Crippen LogP contribution >= 0.6 is 11.3 Å². The molecule has 1 aromatic rings. The van der Waals surface area contributed by atoms with Crippen molar-refractivity contribution < 1.29 is 18.3 Å². The Bertz CT molecular complexity index is 537. The molecule has 1 aromatic heterocycles. The van der Waals surface area contributed by atoms with Crippen LogP contribution in [0.25, 0.3) is 0 Å². The van der Waals surface area contributed by atoms with Crippen LogP contribution in [0.1, 0.15) is 23.5 Å². The molecule has 0 saturated carbocycles. The van der Waals surface area contributed by atoms with Gasteiger partial charge in [-0.05, 0) is 32.3 Å². The van der Waals surface area contributed by atoms with Crippen LogP contribution in [0.3, 0.4) is 0 Å². The van der Waals surface area contributed by atoms with Gasteiger partial charge >= 0.3 is 5.97 Å². The van der Waals surface area contributed by atoms with Crippen molar-refractivity contribution in [1.82, 2.24) is 9.62 Å². The van der Waals surface area contributed by atoms with Crippen molar-refractivity contribution in [1.29, 1.82) is 0 Å². The predicted octanol–water partition coefficient (Wildman–Crippen LogP) is 1.06. The normalized spacial score (nSPS) is 12.3. The SMILES string of the molecule is CC(C)N(C)CCNS(=O)(=O)c1ccsc1C(=O)O. The topological polar surface area (TPSA) is 86.7 Å². The molecule has 19 heavy (non-hydrogen) atoms. The van der Waals surface area contributed by atoms with Crippen LogP contribution in [-0.2, 0) is 10.0 Å². The van der Waals surface area contributed by atoms with Crippen LogP contribution in [0.15, 0.2) is 16.3 Å². The Labute approximate surface area is 117 Å². The summed E-state index contributed by atoms with van der Waals surface area (Å²) in [6.45, 7) is 4.82. The molecule has 8 heteroatoms. The van der Waals surface area contributed by atoms with Gasteiger partial charge in [0.2, 0.25) is 10.0 Å². The number of nitrogens with zero attached hydrogens (tertiary/aromatic N) is 1. The number of sulfonamides is 1. The monoisotopic (exact) mass is 306 g/mol. The molecule has 0 unspecified atom stereocenters. The van der Waals surface area contributed by atoms with Gasteiger partial charge < -0.3 is 10.0 Å². The van der Waals surface area contributed by atoms with E-state index in [1.807, 2.05) is 25.8 Å². The molecular formula is C11H18N2O4S2. The zero-order valence-corrected chi connectivity index (χ0v) is 12.7. The fourth-order valence-corrected chi connectivity index (χ4v) is 3.64. The predicted molar refractivity (Wildman–Crippen MR) is 74.2 cm³/mol. The van der Waals surface area contributed by atoms with Crippen molar-refractivity contribution in [2.75, 3.05) is 20.1 Å². The number of carbonyl (C=O) groups is 1. The fourth-order valence-electron chi connectivity index (χ4n) is 1.36. The lowest BCUT2D eigenvalue weighted by Gasteiger charge is -2.20. The molecule has 0 aliphatic rings. The first-order valence-corrected chi connectivity index (χ1v) is 8.12. The molecule has 2 N–H and O–H groups in total. The number of aromatic carboxylic acids is 1.